The number of nitrogens with zero attached hydrogens (tertiary/aromatic N) is 5. The Bertz CT molecular complexity index is 1190. The third-order valence-electron chi connectivity index (χ3n) is 6.29. The summed E-state index contributed by atoms with van der Waals surface area (Å²) in [5.41, 5.74) is 2.25. The number of piperidine rings is 1. The summed E-state index contributed by atoms with van der Waals surface area (Å²) in [7, 11) is 1.89. The van der Waals surface area contributed by atoms with E-state index >= 15 is 0 Å². The molecule has 3 aromatic rings. The van der Waals surface area contributed by atoms with Gasteiger partial charge in [-0.1, -0.05) is 6.92 Å². The Balaban J connectivity index is 1.46. The summed E-state index contributed by atoms with van der Waals surface area (Å²) in [5.74, 6) is 1.88. The summed E-state index contributed by atoms with van der Waals surface area (Å²) in [4.78, 5) is 36.9. The molecule has 3 aromatic heterocycles. The second-order valence-corrected chi connectivity index (χ2v) is 8.33. The Kier molecular flexibility index (Phi) is 4.38. The fourth-order valence-corrected chi connectivity index (χ4v) is 4.85. The Labute approximate surface area is 174 Å². The van der Waals surface area contributed by atoms with Gasteiger partial charge in [0, 0.05) is 57.1 Å². The van der Waals surface area contributed by atoms with Crippen LogP contribution in [0.3, 0.4) is 0 Å². The van der Waals surface area contributed by atoms with E-state index in [4.69, 9.17) is 4.42 Å². The van der Waals surface area contributed by atoms with Crippen LogP contribution in [0.25, 0.3) is 11.4 Å². The molecule has 0 N–H and O–H groups in total. The number of oxazole rings is 1. The van der Waals surface area contributed by atoms with Crippen molar-refractivity contribution in [2.24, 2.45) is 13.0 Å². The highest BCUT2D eigenvalue weighted by Gasteiger charge is 2.38. The van der Waals surface area contributed by atoms with Crippen LogP contribution in [0.5, 0.6) is 0 Å². The molecule has 156 valence electrons. The SMILES string of the molecule is CCc1nc(C)c(C(=O)N2C[C@@H]3C[C@H](C2)c2ccc(-c4nccn4C)c(=O)n2C3)o1. The number of carbonyl (C=O) groups is 1. The number of aromatic nitrogens is 4. The quantitative estimate of drug-likeness (QED) is 0.665. The lowest BCUT2D eigenvalue weighted by Crippen LogP contribution is -2.49. The maximum absolute atomic E-state index is 13.2. The standard InChI is InChI=1S/C22H25N5O3/c1-4-18-24-13(2)19(30-18)22(29)26-10-14-9-15(12-26)17-6-5-16(21(28)27(17)11-14)20-23-7-8-25(20)3/h5-8,14-15H,4,9-12H2,1-3H3/t14-,15+/m0/s1. The highest BCUT2D eigenvalue weighted by atomic mass is 16.4. The van der Waals surface area contributed by atoms with Crippen molar-refractivity contribution >= 4 is 5.91 Å². The highest BCUT2D eigenvalue weighted by molar-refractivity contribution is 5.92. The number of hydrogen-bond acceptors (Lipinski definition) is 5. The van der Waals surface area contributed by atoms with E-state index in [1.54, 1.807) is 6.20 Å². The van der Waals surface area contributed by atoms with E-state index in [0.29, 0.717) is 54.8 Å². The number of likely N-dealkylation sites (tertiary alicyclic amines) is 1. The molecule has 1 saturated heterocycles. The monoisotopic (exact) mass is 407 g/mol. The first-order valence-electron chi connectivity index (χ1n) is 10.4. The van der Waals surface area contributed by atoms with E-state index < -0.39 is 0 Å². The highest BCUT2D eigenvalue weighted by Crippen LogP contribution is 2.36. The minimum atomic E-state index is -0.102. The van der Waals surface area contributed by atoms with Crippen LogP contribution in [0.4, 0.5) is 0 Å². The molecule has 0 saturated carbocycles. The smallest absolute Gasteiger partial charge is 0.291 e. The summed E-state index contributed by atoms with van der Waals surface area (Å²) in [6, 6.07) is 3.89. The van der Waals surface area contributed by atoms with Crippen molar-refractivity contribution in [3.8, 4) is 11.4 Å². The van der Waals surface area contributed by atoms with Gasteiger partial charge in [0.15, 0.2) is 5.89 Å². The molecule has 2 atom stereocenters. The minimum Gasteiger partial charge on any atom is -0.435 e. The average Bonchev–Trinajstić information content (AvgIpc) is 3.33. The van der Waals surface area contributed by atoms with Gasteiger partial charge in [0.05, 0.1) is 11.3 Å². The van der Waals surface area contributed by atoms with Gasteiger partial charge >= 0.3 is 0 Å². The van der Waals surface area contributed by atoms with E-state index in [2.05, 4.69) is 9.97 Å². The predicted octanol–water partition coefficient (Wildman–Crippen LogP) is 2.37. The van der Waals surface area contributed by atoms with Crippen LogP contribution in [0.1, 0.15) is 47.1 Å². The molecule has 2 bridgehead atoms. The summed E-state index contributed by atoms with van der Waals surface area (Å²) in [6.07, 6.45) is 5.19. The van der Waals surface area contributed by atoms with Gasteiger partial charge < -0.3 is 18.5 Å². The first-order valence-corrected chi connectivity index (χ1v) is 10.4. The van der Waals surface area contributed by atoms with Crippen molar-refractivity contribution in [2.45, 2.75) is 39.2 Å². The van der Waals surface area contributed by atoms with Gasteiger partial charge in [-0.2, -0.15) is 0 Å². The van der Waals surface area contributed by atoms with E-state index in [9.17, 15) is 9.59 Å². The lowest BCUT2D eigenvalue weighted by molar-refractivity contribution is 0.0561. The third-order valence-corrected chi connectivity index (χ3v) is 6.29. The molecule has 5 heterocycles. The zero-order chi connectivity index (χ0) is 21.0. The van der Waals surface area contributed by atoms with Crippen molar-refractivity contribution in [2.75, 3.05) is 13.1 Å². The Morgan fingerprint density at radius 2 is 2.10 bits per heavy atom. The van der Waals surface area contributed by atoms with Crippen LogP contribution in [0, 0.1) is 12.8 Å². The Morgan fingerprint density at radius 3 is 2.80 bits per heavy atom. The second-order valence-electron chi connectivity index (χ2n) is 8.33. The van der Waals surface area contributed by atoms with Crippen molar-refractivity contribution < 1.29 is 9.21 Å². The molecule has 8 nitrogen and oxygen atoms in total. The third kappa shape index (κ3) is 2.89. The zero-order valence-corrected chi connectivity index (χ0v) is 17.5. The molecular weight excluding hydrogens is 382 g/mol. The lowest BCUT2D eigenvalue weighted by Gasteiger charge is -2.42. The summed E-state index contributed by atoms with van der Waals surface area (Å²) in [5, 5.41) is 0. The molecule has 30 heavy (non-hydrogen) atoms. The first kappa shape index (κ1) is 18.8. The molecule has 8 heteroatoms. The summed E-state index contributed by atoms with van der Waals surface area (Å²) in [6.45, 7) is 5.59. The molecule has 5 rings (SSSR count). The summed E-state index contributed by atoms with van der Waals surface area (Å²) >= 11 is 0. The van der Waals surface area contributed by atoms with Gasteiger partial charge in [-0.15, -0.1) is 0 Å². The predicted molar refractivity (Wildman–Crippen MR) is 110 cm³/mol. The van der Waals surface area contributed by atoms with Gasteiger partial charge in [0.2, 0.25) is 5.76 Å². The van der Waals surface area contributed by atoms with Crippen LogP contribution in [0.2, 0.25) is 0 Å². The maximum Gasteiger partial charge on any atom is 0.291 e. The molecule has 0 radical (unpaired) electrons. The van der Waals surface area contributed by atoms with E-state index in [1.807, 2.05) is 53.3 Å². The molecule has 0 unspecified atom stereocenters. The number of rotatable bonds is 3. The molecule has 2 aliphatic rings. The van der Waals surface area contributed by atoms with Crippen LogP contribution in [0.15, 0.2) is 33.7 Å². The van der Waals surface area contributed by atoms with Crippen molar-refractivity contribution in [3.05, 3.63) is 57.9 Å². The van der Waals surface area contributed by atoms with Gasteiger partial charge in [-0.3, -0.25) is 9.59 Å². The molecule has 1 amide bonds. The molecule has 0 spiro atoms. The number of hydrogen-bond donors (Lipinski definition) is 0. The van der Waals surface area contributed by atoms with Crippen LogP contribution in [-0.4, -0.2) is 43.0 Å². The lowest BCUT2D eigenvalue weighted by atomic mass is 9.83. The van der Waals surface area contributed by atoms with E-state index in [1.165, 1.54) is 0 Å². The second kappa shape index (κ2) is 6.97. The number of fused-ring (bicyclic) bond motifs is 4. The normalized spacial score (nSPS) is 20.3. The Hall–Kier alpha value is -3.16. The van der Waals surface area contributed by atoms with Crippen LogP contribution >= 0.6 is 0 Å². The van der Waals surface area contributed by atoms with E-state index in [0.717, 1.165) is 12.1 Å². The zero-order valence-electron chi connectivity index (χ0n) is 17.5. The van der Waals surface area contributed by atoms with Crippen molar-refractivity contribution in [1.29, 1.82) is 0 Å². The molecule has 0 aromatic carbocycles. The fraction of sp³-hybridized carbons (Fsp3) is 0.455. The fourth-order valence-electron chi connectivity index (χ4n) is 4.85. The van der Waals surface area contributed by atoms with Crippen molar-refractivity contribution in [1.82, 2.24) is 24.0 Å². The summed E-state index contributed by atoms with van der Waals surface area (Å²) < 4.78 is 9.44. The van der Waals surface area contributed by atoms with Gasteiger partial charge in [0.25, 0.3) is 11.5 Å². The minimum absolute atomic E-state index is 0.00468. The average molecular weight is 407 g/mol. The van der Waals surface area contributed by atoms with Gasteiger partial charge in [-0.05, 0) is 31.4 Å². The number of carbonyl (C=O) groups excluding carboxylic acids is 1. The first-order chi connectivity index (χ1) is 14.5. The molecule has 1 fully saturated rings. The van der Waals surface area contributed by atoms with Gasteiger partial charge in [0.1, 0.15) is 5.82 Å². The number of imidazole rings is 1. The molecule has 2 aliphatic heterocycles. The van der Waals surface area contributed by atoms with Crippen LogP contribution in [-0.2, 0) is 20.0 Å². The topological polar surface area (TPSA) is 86.2 Å². The van der Waals surface area contributed by atoms with Crippen LogP contribution < -0.4 is 5.56 Å². The number of aryl methyl sites for hydroxylation is 3. The largest absolute Gasteiger partial charge is 0.435 e. The number of pyridine rings is 1. The molecular formula is C22H25N5O3. The number of amides is 1. The Morgan fingerprint density at radius 1 is 1.27 bits per heavy atom. The molecule has 0 aliphatic carbocycles. The van der Waals surface area contributed by atoms with E-state index in [-0.39, 0.29) is 23.3 Å². The van der Waals surface area contributed by atoms with Crippen molar-refractivity contribution in [3.63, 3.8) is 0 Å². The van der Waals surface area contributed by atoms with Gasteiger partial charge in [-0.25, -0.2) is 9.97 Å². The maximum atomic E-state index is 13.2.